The summed E-state index contributed by atoms with van der Waals surface area (Å²) in [5.74, 6) is -0.465. The second kappa shape index (κ2) is 5.88. The van der Waals surface area contributed by atoms with E-state index < -0.39 is 0 Å². The third-order valence-electron chi connectivity index (χ3n) is 2.54. The summed E-state index contributed by atoms with van der Waals surface area (Å²) >= 11 is 1.37. The Bertz CT molecular complexity index is 568. The van der Waals surface area contributed by atoms with Crippen molar-refractivity contribution in [3.63, 3.8) is 0 Å². The van der Waals surface area contributed by atoms with Crippen molar-refractivity contribution in [2.24, 2.45) is 7.05 Å². The highest BCUT2D eigenvalue weighted by Gasteiger charge is 2.16. The molecule has 2 aromatic rings. The van der Waals surface area contributed by atoms with Gasteiger partial charge in [0.2, 0.25) is 5.91 Å². The molecule has 1 aromatic heterocycles. The number of aryl methyl sites for hydroxylation is 1. The molecule has 0 aliphatic rings. The van der Waals surface area contributed by atoms with Gasteiger partial charge in [-0.2, -0.15) is 0 Å². The van der Waals surface area contributed by atoms with Crippen LogP contribution in [0.15, 0.2) is 41.8 Å². The first-order valence-corrected chi connectivity index (χ1v) is 6.64. The second-order valence-corrected chi connectivity index (χ2v) is 5.38. The van der Waals surface area contributed by atoms with Gasteiger partial charge in [0.1, 0.15) is 5.82 Å². The van der Waals surface area contributed by atoms with Crippen LogP contribution in [0.2, 0.25) is 0 Å². The van der Waals surface area contributed by atoms with E-state index in [9.17, 15) is 9.18 Å². The Balaban J connectivity index is 1.96. The minimum atomic E-state index is -0.326. The molecule has 1 heterocycles. The predicted molar refractivity (Wildman–Crippen MR) is 73.6 cm³/mol. The van der Waals surface area contributed by atoms with Crippen LogP contribution in [0.25, 0.3) is 0 Å². The first-order chi connectivity index (χ1) is 9.06. The van der Waals surface area contributed by atoms with Crippen LogP contribution in [0, 0.1) is 5.82 Å². The lowest BCUT2D eigenvalue weighted by Crippen LogP contribution is -2.22. The number of imidazole rings is 1. The molecule has 0 radical (unpaired) electrons. The molecule has 1 aromatic carbocycles. The van der Waals surface area contributed by atoms with E-state index in [2.05, 4.69) is 10.3 Å². The van der Waals surface area contributed by atoms with Gasteiger partial charge >= 0.3 is 0 Å². The number of benzene rings is 1. The predicted octanol–water partition coefficient (Wildman–Crippen LogP) is 2.68. The Kier molecular flexibility index (Phi) is 4.21. The van der Waals surface area contributed by atoms with Gasteiger partial charge in [-0.25, -0.2) is 9.37 Å². The molecule has 0 aliphatic carbocycles. The summed E-state index contributed by atoms with van der Waals surface area (Å²) in [5, 5.41) is 3.23. The van der Waals surface area contributed by atoms with Crippen LogP contribution in [-0.4, -0.2) is 20.7 Å². The highest BCUT2D eigenvalue weighted by atomic mass is 32.2. The molecular weight excluding hydrogens is 265 g/mol. The van der Waals surface area contributed by atoms with Gasteiger partial charge in [0.05, 0.1) is 5.25 Å². The number of nitrogens with one attached hydrogen (secondary N) is 1. The molecule has 0 saturated heterocycles. The zero-order valence-corrected chi connectivity index (χ0v) is 11.4. The Morgan fingerprint density at radius 3 is 2.68 bits per heavy atom. The van der Waals surface area contributed by atoms with E-state index in [-0.39, 0.29) is 17.0 Å². The maximum atomic E-state index is 12.8. The fourth-order valence-corrected chi connectivity index (χ4v) is 2.29. The highest BCUT2D eigenvalue weighted by Crippen LogP contribution is 2.22. The van der Waals surface area contributed by atoms with E-state index in [4.69, 9.17) is 0 Å². The summed E-state index contributed by atoms with van der Waals surface area (Å²) in [6.45, 7) is 1.80. The molecule has 1 atom stereocenters. The van der Waals surface area contributed by atoms with Crippen molar-refractivity contribution < 1.29 is 9.18 Å². The van der Waals surface area contributed by atoms with E-state index in [1.807, 2.05) is 17.8 Å². The fourth-order valence-electron chi connectivity index (χ4n) is 1.45. The Labute approximate surface area is 115 Å². The smallest absolute Gasteiger partial charge is 0.237 e. The fraction of sp³-hybridized carbons (Fsp3) is 0.231. The Hall–Kier alpha value is -1.82. The molecule has 0 bridgehead atoms. The van der Waals surface area contributed by atoms with Crippen LogP contribution in [0.5, 0.6) is 0 Å². The SMILES string of the molecule is C[C@@H](Sc1nccn1C)C(=O)Nc1ccc(F)cc1. The van der Waals surface area contributed by atoms with E-state index >= 15 is 0 Å². The molecular formula is C13H14FN3OS. The largest absolute Gasteiger partial charge is 0.329 e. The number of amides is 1. The van der Waals surface area contributed by atoms with Crippen LogP contribution in [0.1, 0.15) is 6.92 Å². The summed E-state index contributed by atoms with van der Waals surface area (Å²) in [6, 6.07) is 5.69. The van der Waals surface area contributed by atoms with Gasteiger partial charge in [-0.15, -0.1) is 0 Å². The molecule has 0 spiro atoms. The minimum Gasteiger partial charge on any atom is -0.329 e. The van der Waals surface area contributed by atoms with Crippen LogP contribution in [0.3, 0.4) is 0 Å². The van der Waals surface area contributed by atoms with Gasteiger partial charge in [-0.1, -0.05) is 11.8 Å². The number of nitrogens with zero attached hydrogens (tertiary/aromatic N) is 2. The Morgan fingerprint density at radius 1 is 1.42 bits per heavy atom. The third-order valence-corrected chi connectivity index (χ3v) is 3.71. The summed E-state index contributed by atoms with van der Waals surface area (Å²) in [7, 11) is 1.87. The van der Waals surface area contributed by atoms with E-state index in [0.717, 1.165) is 5.16 Å². The molecule has 1 amide bonds. The number of carbonyl (C=O) groups is 1. The van der Waals surface area contributed by atoms with Crippen molar-refractivity contribution in [2.45, 2.75) is 17.3 Å². The number of hydrogen-bond acceptors (Lipinski definition) is 3. The van der Waals surface area contributed by atoms with Gasteiger partial charge in [0.15, 0.2) is 5.16 Å². The molecule has 2 rings (SSSR count). The number of rotatable bonds is 4. The summed E-state index contributed by atoms with van der Waals surface area (Å²) < 4.78 is 14.6. The molecule has 1 N–H and O–H groups in total. The number of aromatic nitrogens is 2. The highest BCUT2D eigenvalue weighted by molar-refractivity contribution is 8.00. The maximum Gasteiger partial charge on any atom is 0.237 e. The molecule has 6 heteroatoms. The van der Waals surface area contributed by atoms with Crippen LogP contribution in [-0.2, 0) is 11.8 Å². The molecule has 0 fully saturated rings. The van der Waals surface area contributed by atoms with Crippen LogP contribution in [0.4, 0.5) is 10.1 Å². The lowest BCUT2D eigenvalue weighted by Gasteiger charge is -2.11. The zero-order valence-electron chi connectivity index (χ0n) is 10.6. The number of thioether (sulfide) groups is 1. The van der Waals surface area contributed by atoms with Crippen molar-refractivity contribution in [1.29, 1.82) is 0 Å². The first-order valence-electron chi connectivity index (χ1n) is 5.76. The van der Waals surface area contributed by atoms with E-state index in [0.29, 0.717) is 5.69 Å². The molecule has 0 aliphatic heterocycles. The zero-order chi connectivity index (χ0) is 13.8. The topological polar surface area (TPSA) is 46.9 Å². The van der Waals surface area contributed by atoms with Gasteiger partial charge in [0, 0.05) is 25.1 Å². The third kappa shape index (κ3) is 3.57. The van der Waals surface area contributed by atoms with E-state index in [1.165, 1.54) is 36.0 Å². The molecule has 100 valence electrons. The normalized spacial score (nSPS) is 12.2. The number of hydrogen-bond donors (Lipinski definition) is 1. The van der Waals surface area contributed by atoms with Gasteiger partial charge in [-0.3, -0.25) is 4.79 Å². The van der Waals surface area contributed by atoms with E-state index in [1.54, 1.807) is 13.1 Å². The lowest BCUT2D eigenvalue weighted by molar-refractivity contribution is -0.115. The first kappa shape index (κ1) is 13.6. The summed E-state index contributed by atoms with van der Waals surface area (Å²) in [4.78, 5) is 16.1. The number of anilines is 1. The summed E-state index contributed by atoms with van der Waals surface area (Å²) in [6.07, 6.45) is 3.51. The van der Waals surface area contributed by atoms with Crippen molar-refractivity contribution >= 4 is 23.4 Å². The number of carbonyl (C=O) groups excluding carboxylic acids is 1. The maximum absolute atomic E-state index is 12.8. The monoisotopic (exact) mass is 279 g/mol. The average molecular weight is 279 g/mol. The van der Waals surface area contributed by atoms with Gasteiger partial charge in [0.25, 0.3) is 0 Å². The van der Waals surface area contributed by atoms with Crippen molar-refractivity contribution in [2.75, 3.05) is 5.32 Å². The Morgan fingerprint density at radius 2 is 2.11 bits per heavy atom. The summed E-state index contributed by atoms with van der Waals surface area (Å²) in [5.41, 5.74) is 0.582. The van der Waals surface area contributed by atoms with Crippen LogP contribution >= 0.6 is 11.8 Å². The van der Waals surface area contributed by atoms with Crippen molar-refractivity contribution in [1.82, 2.24) is 9.55 Å². The van der Waals surface area contributed by atoms with Crippen molar-refractivity contribution in [3.8, 4) is 0 Å². The van der Waals surface area contributed by atoms with Gasteiger partial charge in [-0.05, 0) is 31.2 Å². The molecule has 19 heavy (non-hydrogen) atoms. The molecule has 4 nitrogen and oxygen atoms in total. The van der Waals surface area contributed by atoms with Gasteiger partial charge < -0.3 is 9.88 Å². The molecule has 0 saturated carbocycles. The second-order valence-electron chi connectivity index (χ2n) is 4.08. The quantitative estimate of drug-likeness (QED) is 0.875. The van der Waals surface area contributed by atoms with Crippen LogP contribution < -0.4 is 5.32 Å². The number of halogens is 1. The minimum absolute atomic E-state index is 0.139. The standard InChI is InChI=1S/C13H14FN3OS/c1-9(19-13-15-7-8-17(13)2)12(18)16-11-5-3-10(14)4-6-11/h3-9H,1-2H3,(H,16,18)/t9-/m1/s1. The van der Waals surface area contributed by atoms with Crippen molar-refractivity contribution in [3.05, 3.63) is 42.5 Å². The lowest BCUT2D eigenvalue weighted by atomic mass is 10.3. The average Bonchev–Trinajstić information content (AvgIpc) is 2.78. The molecule has 0 unspecified atom stereocenters.